The fourth-order valence-corrected chi connectivity index (χ4v) is 4.01. The van der Waals surface area contributed by atoms with Gasteiger partial charge in [0.05, 0.1) is 25.8 Å². The largest absolute Gasteiger partial charge is 0.465 e. The van der Waals surface area contributed by atoms with E-state index in [-0.39, 0.29) is 36.7 Å². The number of amides is 3. The van der Waals surface area contributed by atoms with Crippen molar-refractivity contribution in [1.29, 1.82) is 0 Å². The SMILES string of the molecule is CNC(=O)CNCC(=O)Nc1ccc2c(c1)C=C/C(=C1/C(=O)NC3=CC(C(=O)OC)=CCC31)N2. The topological polar surface area (TPSA) is 138 Å². The zero-order valence-electron chi connectivity index (χ0n) is 18.8. The molecule has 1 saturated heterocycles. The molecule has 0 aromatic heterocycles. The fourth-order valence-electron chi connectivity index (χ4n) is 4.01. The second kappa shape index (κ2) is 9.75. The third-order valence-corrected chi connectivity index (χ3v) is 5.71. The number of likely N-dealkylation sites (N-methyl/N-ethyl adjacent to an activating group) is 1. The number of methoxy groups -OCH3 is 1. The van der Waals surface area contributed by atoms with Gasteiger partial charge in [-0.1, -0.05) is 12.2 Å². The average Bonchev–Trinajstić information content (AvgIpc) is 3.17. The highest BCUT2D eigenvalue weighted by Crippen LogP contribution is 2.38. The van der Waals surface area contributed by atoms with Crippen LogP contribution < -0.4 is 26.6 Å². The monoisotopic (exact) mass is 463 g/mol. The van der Waals surface area contributed by atoms with E-state index in [4.69, 9.17) is 4.74 Å². The summed E-state index contributed by atoms with van der Waals surface area (Å²) in [6, 6.07) is 5.41. The first kappa shape index (κ1) is 23.0. The lowest BCUT2D eigenvalue weighted by Crippen LogP contribution is -2.36. The Morgan fingerprint density at radius 1 is 1.12 bits per heavy atom. The van der Waals surface area contributed by atoms with Gasteiger partial charge in [-0.25, -0.2) is 4.79 Å². The molecule has 1 aliphatic carbocycles. The Morgan fingerprint density at radius 3 is 2.68 bits per heavy atom. The number of anilines is 2. The zero-order chi connectivity index (χ0) is 24.2. The van der Waals surface area contributed by atoms with E-state index in [1.165, 1.54) is 14.2 Å². The van der Waals surface area contributed by atoms with Gasteiger partial charge in [-0.2, -0.15) is 0 Å². The molecule has 1 fully saturated rings. The molecule has 2 heterocycles. The molecule has 176 valence electrons. The molecule has 0 bridgehead atoms. The summed E-state index contributed by atoms with van der Waals surface area (Å²) >= 11 is 0. The lowest BCUT2D eigenvalue weighted by molar-refractivity contribution is -0.135. The first-order chi connectivity index (χ1) is 16.4. The Kier molecular flexibility index (Phi) is 6.60. The van der Waals surface area contributed by atoms with Crippen LogP contribution in [-0.4, -0.2) is 50.9 Å². The third kappa shape index (κ3) is 4.76. The van der Waals surface area contributed by atoms with Crippen molar-refractivity contribution in [2.45, 2.75) is 6.42 Å². The lowest BCUT2D eigenvalue weighted by atomic mass is 9.88. The van der Waals surface area contributed by atoms with E-state index in [2.05, 4.69) is 26.6 Å². The highest BCUT2D eigenvalue weighted by Gasteiger charge is 2.37. The number of allylic oxidation sites excluding steroid dienone is 3. The van der Waals surface area contributed by atoms with Gasteiger partial charge in [0, 0.05) is 46.9 Å². The molecule has 0 radical (unpaired) electrons. The molecule has 10 nitrogen and oxygen atoms in total. The van der Waals surface area contributed by atoms with E-state index in [1.54, 1.807) is 18.2 Å². The molecule has 3 amide bonds. The molecular weight excluding hydrogens is 438 g/mol. The maximum atomic E-state index is 12.7. The van der Waals surface area contributed by atoms with E-state index in [0.29, 0.717) is 34.6 Å². The number of nitrogens with one attached hydrogen (secondary N) is 5. The van der Waals surface area contributed by atoms with Gasteiger partial charge in [0.15, 0.2) is 0 Å². The highest BCUT2D eigenvalue weighted by atomic mass is 16.5. The predicted octanol–water partition coefficient (Wildman–Crippen LogP) is 0.787. The van der Waals surface area contributed by atoms with Crippen molar-refractivity contribution >= 4 is 41.1 Å². The van der Waals surface area contributed by atoms with Crippen molar-refractivity contribution in [3.63, 3.8) is 0 Å². The van der Waals surface area contributed by atoms with E-state index < -0.39 is 5.97 Å². The number of ether oxygens (including phenoxy) is 1. The van der Waals surface area contributed by atoms with Gasteiger partial charge in [0.2, 0.25) is 11.8 Å². The summed E-state index contributed by atoms with van der Waals surface area (Å²) in [5.41, 5.74) is 4.66. The Labute approximate surface area is 196 Å². The molecule has 1 unspecified atom stereocenters. The van der Waals surface area contributed by atoms with Crippen molar-refractivity contribution in [3.8, 4) is 0 Å². The lowest BCUT2D eigenvalue weighted by Gasteiger charge is -2.21. The van der Waals surface area contributed by atoms with Crippen LogP contribution in [0.2, 0.25) is 0 Å². The van der Waals surface area contributed by atoms with Gasteiger partial charge in [0.1, 0.15) is 0 Å². The molecule has 0 saturated carbocycles. The van der Waals surface area contributed by atoms with Crippen LogP contribution in [0, 0.1) is 5.92 Å². The number of hydrogen-bond donors (Lipinski definition) is 5. The molecule has 0 spiro atoms. The minimum atomic E-state index is -0.434. The summed E-state index contributed by atoms with van der Waals surface area (Å²) in [6.45, 7) is 0.0663. The van der Waals surface area contributed by atoms with Gasteiger partial charge in [-0.3, -0.25) is 19.7 Å². The molecule has 34 heavy (non-hydrogen) atoms. The Balaban J connectivity index is 1.45. The number of fused-ring (bicyclic) bond motifs is 2. The van der Waals surface area contributed by atoms with Crippen LogP contribution in [0.15, 0.2) is 59.0 Å². The summed E-state index contributed by atoms with van der Waals surface area (Å²) in [6.07, 6.45) is 7.65. The number of esters is 1. The second-order valence-electron chi connectivity index (χ2n) is 7.91. The van der Waals surface area contributed by atoms with Crippen molar-refractivity contribution in [1.82, 2.24) is 16.0 Å². The van der Waals surface area contributed by atoms with E-state index in [1.807, 2.05) is 24.3 Å². The van der Waals surface area contributed by atoms with Crippen LogP contribution in [-0.2, 0) is 23.9 Å². The number of rotatable bonds is 6. The second-order valence-corrected chi connectivity index (χ2v) is 7.91. The quantitative estimate of drug-likeness (QED) is 0.311. The Bertz CT molecular complexity index is 1190. The molecule has 4 rings (SSSR count). The Hall–Kier alpha value is -4.18. The fraction of sp³-hybridized carbons (Fsp3) is 0.250. The first-order valence-corrected chi connectivity index (χ1v) is 10.8. The molecule has 1 aromatic carbocycles. The van der Waals surface area contributed by atoms with Crippen LogP contribution in [0.1, 0.15) is 12.0 Å². The highest BCUT2D eigenvalue weighted by molar-refractivity contribution is 6.03. The maximum absolute atomic E-state index is 12.7. The first-order valence-electron chi connectivity index (χ1n) is 10.8. The van der Waals surface area contributed by atoms with Crippen molar-refractivity contribution in [2.75, 3.05) is 37.9 Å². The van der Waals surface area contributed by atoms with Gasteiger partial charge < -0.3 is 26.0 Å². The summed E-state index contributed by atoms with van der Waals surface area (Å²) in [7, 11) is 2.85. The number of benzene rings is 1. The van der Waals surface area contributed by atoms with Crippen LogP contribution in [0.5, 0.6) is 0 Å². The van der Waals surface area contributed by atoms with Crippen LogP contribution in [0.3, 0.4) is 0 Å². The summed E-state index contributed by atoms with van der Waals surface area (Å²) in [5, 5.41) is 14.2. The van der Waals surface area contributed by atoms with Crippen molar-refractivity contribution < 1.29 is 23.9 Å². The minimum absolute atomic E-state index is 0.00727. The van der Waals surface area contributed by atoms with Crippen molar-refractivity contribution in [3.05, 3.63) is 64.5 Å². The molecule has 2 aliphatic heterocycles. The Morgan fingerprint density at radius 2 is 1.91 bits per heavy atom. The van der Waals surface area contributed by atoms with E-state index >= 15 is 0 Å². The van der Waals surface area contributed by atoms with Gasteiger partial charge in [-0.15, -0.1) is 0 Å². The minimum Gasteiger partial charge on any atom is -0.465 e. The smallest absolute Gasteiger partial charge is 0.337 e. The third-order valence-electron chi connectivity index (χ3n) is 5.71. The van der Waals surface area contributed by atoms with Gasteiger partial charge in [-0.05, 0) is 36.8 Å². The normalized spacial score (nSPS) is 20.2. The van der Waals surface area contributed by atoms with Crippen LogP contribution in [0.4, 0.5) is 11.4 Å². The molecule has 5 N–H and O–H groups in total. The molecule has 10 heteroatoms. The molecule has 1 aromatic rings. The zero-order valence-corrected chi connectivity index (χ0v) is 18.8. The van der Waals surface area contributed by atoms with Gasteiger partial charge in [0.25, 0.3) is 5.91 Å². The summed E-state index contributed by atoms with van der Waals surface area (Å²) in [4.78, 5) is 47.8. The standard InChI is InChI=1S/C24H25N5O5/c1-25-20(30)11-26-12-21(31)27-15-5-8-17-13(9-15)4-7-18(28-17)22-16-6-3-14(24(33)34-2)10-19(16)29-23(22)32/h3-5,7-10,16,26,28H,6,11-12H2,1-2H3,(H,25,30)(H,27,31)(H,29,32)/b22-18-. The predicted molar refractivity (Wildman–Crippen MR) is 126 cm³/mol. The van der Waals surface area contributed by atoms with Crippen LogP contribution >= 0.6 is 0 Å². The number of carbonyl (C=O) groups excluding carboxylic acids is 4. The number of carbonyl (C=O) groups is 4. The van der Waals surface area contributed by atoms with E-state index in [9.17, 15) is 19.2 Å². The summed E-state index contributed by atoms with van der Waals surface area (Å²) < 4.78 is 4.77. The average molecular weight is 463 g/mol. The van der Waals surface area contributed by atoms with E-state index in [0.717, 1.165) is 11.3 Å². The number of hydrogen-bond acceptors (Lipinski definition) is 7. The molecule has 3 aliphatic rings. The van der Waals surface area contributed by atoms with Gasteiger partial charge >= 0.3 is 5.97 Å². The van der Waals surface area contributed by atoms with Crippen LogP contribution in [0.25, 0.3) is 6.08 Å². The summed E-state index contributed by atoms with van der Waals surface area (Å²) in [5.74, 6) is -1.28. The molecule has 1 atom stereocenters. The molecular formula is C24H25N5O5. The maximum Gasteiger partial charge on any atom is 0.337 e. The van der Waals surface area contributed by atoms with Crippen molar-refractivity contribution in [2.24, 2.45) is 5.92 Å².